The van der Waals surface area contributed by atoms with Gasteiger partial charge in [0.2, 0.25) is 5.91 Å². The van der Waals surface area contributed by atoms with E-state index in [0.717, 1.165) is 24.2 Å². The molecule has 0 radical (unpaired) electrons. The van der Waals surface area contributed by atoms with Crippen LogP contribution in [0.1, 0.15) is 50.0 Å². The predicted octanol–water partition coefficient (Wildman–Crippen LogP) is 1.70. The Labute approximate surface area is 108 Å². The van der Waals surface area contributed by atoms with Crippen LogP contribution in [0, 0.1) is 13.8 Å². The van der Waals surface area contributed by atoms with Gasteiger partial charge in [-0.15, -0.1) is 0 Å². The number of nitrogen functional groups attached to an aromatic ring is 1. The largest absolute Gasteiger partial charge is 0.396 e. The molecule has 1 aliphatic carbocycles. The SMILES string of the molecule is Cc1nn(C(C)C(=O)NC2CCCC2)c(C)c1N. The van der Waals surface area contributed by atoms with E-state index in [2.05, 4.69) is 10.4 Å². The Kier molecular flexibility index (Phi) is 3.59. The number of hydrogen-bond acceptors (Lipinski definition) is 3. The van der Waals surface area contributed by atoms with Crippen molar-refractivity contribution in [3.8, 4) is 0 Å². The van der Waals surface area contributed by atoms with Crippen molar-refractivity contribution in [3.05, 3.63) is 11.4 Å². The molecule has 1 heterocycles. The van der Waals surface area contributed by atoms with E-state index in [1.807, 2.05) is 20.8 Å². The summed E-state index contributed by atoms with van der Waals surface area (Å²) in [6.45, 7) is 5.62. The van der Waals surface area contributed by atoms with E-state index >= 15 is 0 Å². The zero-order valence-electron chi connectivity index (χ0n) is 11.4. The third-order valence-electron chi connectivity index (χ3n) is 3.83. The second-order valence-corrected chi connectivity index (χ2v) is 5.20. The van der Waals surface area contributed by atoms with Crippen molar-refractivity contribution in [2.75, 3.05) is 5.73 Å². The Hall–Kier alpha value is -1.52. The molecule has 0 spiro atoms. The minimum absolute atomic E-state index is 0.0347. The number of aromatic nitrogens is 2. The van der Waals surface area contributed by atoms with Crippen molar-refractivity contribution in [3.63, 3.8) is 0 Å². The van der Waals surface area contributed by atoms with Gasteiger partial charge in [0, 0.05) is 6.04 Å². The van der Waals surface area contributed by atoms with E-state index in [1.54, 1.807) is 4.68 Å². The van der Waals surface area contributed by atoms with E-state index < -0.39 is 0 Å². The summed E-state index contributed by atoms with van der Waals surface area (Å²) in [4.78, 5) is 12.2. The second kappa shape index (κ2) is 5.00. The van der Waals surface area contributed by atoms with E-state index in [9.17, 15) is 4.79 Å². The molecule has 2 rings (SSSR count). The average Bonchev–Trinajstić information content (AvgIpc) is 2.93. The lowest BCUT2D eigenvalue weighted by molar-refractivity contribution is -0.124. The van der Waals surface area contributed by atoms with Crippen LogP contribution in [-0.2, 0) is 4.79 Å². The molecule has 1 aliphatic rings. The first kappa shape index (κ1) is 12.9. The Morgan fingerprint density at radius 3 is 2.56 bits per heavy atom. The molecule has 1 aromatic heterocycles. The molecule has 1 atom stereocenters. The van der Waals surface area contributed by atoms with E-state index in [4.69, 9.17) is 5.73 Å². The Bertz CT molecular complexity index is 446. The number of hydrogen-bond donors (Lipinski definition) is 2. The van der Waals surface area contributed by atoms with Crippen LogP contribution in [0.3, 0.4) is 0 Å². The van der Waals surface area contributed by atoms with E-state index in [-0.39, 0.29) is 11.9 Å². The summed E-state index contributed by atoms with van der Waals surface area (Å²) < 4.78 is 1.72. The summed E-state index contributed by atoms with van der Waals surface area (Å²) in [7, 11) is 0. The molecule has 1 saturated carbocycles. The fourth-order valence-corrected chi connectivity index (χ4v) is 2.56. The summed E-state index contributed by atoms with van der Waals surface area (Å²) in [5, 5.41) is 7.43. The maximum absolute atomic E-state index is 12.2. The number of carbonyl (C=O) groups excluding carboxylic acids is 1. The molecule has 1 aromatic rings. The summed E-state index contributed by atoms with van der Waals surface area (Å²) in [5.74, 6) is 0.0347. The summed E-state index contributed by atoms with van der Waals surface area (Å²) >= 11 is 0. The van der Waals surface area contributed by atoms with Crippen molar-refractivity contribution < 1.29 is 4.79 Å². The maximum atomic E-state index is 12.2. The van der Waals surface area contributed by atoms with Crippen LogP contribution in [0.25, 0.3) is 0 Å². The number of amides is 1. The standard InChI is InChI=1S/C13H22N4O/c1-8-12(14)9(2)17(16-8)10(3)13(18)15-11-6-4-5-7-11/h10-11H,4-7,14H2,1-3H3,(H,15,18). The second-order valence-electron chi connectivity index (χ2n) is 5.20. The Balaban J connectivity index is 2.07. The van der Waals surface area contributed by atoms with Gasteiger partial charge < -0.3 is 11.1 Å². The van der Waals surface area contributed by atoms with Gasteiger partial charge in [-0.3, -0.25) is 9.48 Å². The first-order valence-electron chi connectivity index (χ1n) is 6.62. The smallest absolute Gasteiger partial charge is 0.244 e. The van der Waals surface area contributed by atoms with Crippen molar-refractivity contribution in [1.82, 2.24) is 15.1 Å². The van der Waals surface area contributed by atoms with Crippen molar-refractivity contribution >= 4 is 11.6 Å². The highest BCUT2D eigenvalue weighted by atomic mass is 16.2. The monoisotopic (exact) mass is 250 g/mol. The van der Waals surface area contributed by atoms with Gasteiger partial charge in [0.05, 0.1) is 17.1 Å². The topological polar surface area (TPSA) is 72.9 Å². The van der Waals surface area contributed by atoms with Crippen molar-refractivity contribution in [1.29, 1.82) is 0 Å². The molecule has 18 heavy (non-hydrogen) atoms. The molecular weight excluding hydrogens is 228 g/mol. The first-order chi connectivity index (χ1) is 8.50. The molecule has 5 heteroatoms. The lowest BCUT2D eigenvalue weighted by Crippen LogP contribution is -2.38. The fraction of sp³-hybridized carbons (Fsp3) is 0.692. The van der Waals surface area contributed by atoms with Crippen LogP contribution < -0.4 is 11.1 Å². The van der Waals surface area contributed by atoms with Gasteiger partial charge in [-0.05, 0) is 33.6 Å². The minimum atomic E-state index is -0.304. The molecule has 1 unspecified atom stereocenters. The number of nitrogens with one attached hydrogen (secondary N) is 1. The Morgan fingerprint density at radius 2 is 2.06 bits per heavy atom. The van der Waals surface area contributed by atoms with E-state index in [0.29, 0.717) is 11.7 Å². The molecule has 0 aromatic carbocycles. The van der Waals surface area contributed by atoms with Gasteiger partial charge in [-0.1, -0.05) is 12.8 Å². The third kappa shape index (κ3) is 2.35. The highest BCUT2D eigenvalue weighted by Crippen LogP contribution is 2.21. The van der Waals surface area contributed by atoms with Gasteiger partial charge in [-0.25, -0.2) is 0 Å². The first-order valence-corrected chi connectivity index (χ1v) is 6.62. The highest BCUT2D eigenvalue weighted by Gasteiger charge is 2.23. The molecule has 3 N–H and O–H groups in total. The van der Waals surface area contributed by atoms with Crippen LogP contribution in [0.15, 0.2) is 0 Å². The van der Waals surface area contributed by atoms with Crippen molar-refractivity contribution in [2.24, 2.45) is 0 Å². The number of rotatable bonds is 3. The predicted molar refractivity (Wildman–Crippen MR) is 71.2 cm³/mol. The Morgan fingerprint density at radius 1 is 1.44 bits per heavy atom. The minimum Gasteiger partial charge on any atom is -0.396 e. The van der Waals surface area contributed by atoms with Crippen molar-refractivity contribution in [2.45, 2.75) is 58.5 Å². The molecule has 1 fully saturated rings. The number of anilines is 1. The molecule has 1 amide bonds. The normalized spacial score (nSPS) is 17.9. The zero-order chi connectivity index (χ0) is 13.3. The van der Waals surface area contributed by atoms with Gasteiger partial charge in [-0.2, -0.15) is 5.10 Å². The lowest BCUT2D eigenvalue weighted by Gasteiger charge is -2.18. The van der Waals surface area contributed by atoms with Crippen LogP contribution >= 0.6 is 0 Å². The van der Waals surface area contributed by atoms with Crippen LogP contribution in [-0.4, -0.2) is 21.7 Å². The van der Waals surface area contributed by atoms with Gasteiger partial charge >= 0.3 is 0 Å². The number of carbonyl (C=O) groups is 1. The summed E-state index contributed by atoms with van der Waals surface area (Å²) in [6.07, 6.45) is 4.62. The number of nitrogens with zero attached hydrogens (tertiary/aromatic N) is 2. The molecule has 5 nitrogen and oxygen atoms in total. The molecule has 100 valence electrons. The van der Waals surface area contributed by atoms with Crippen LogP contribution in [0.5, 0.6) is 0 Å². The average molecular weight is 250 g/mol. The van der Waals surface area contributed by atoms with Gasteiger partial charge in [0.15, 0.2) is 0 Å². The van der Waals surface area contributed by atoms with Crippen LogP contribution in [0.4, 0.5) is 5.69 Å². The summed E-state index contributed by atoms with van der Waals surface area (Å²) in [6, 6.07) is 0.0378. The molecule has 0 bridgehead atoms. The molecule has 0 aliphatic heterocycles. The quantitative estimate of drug-likeness (QED) is 0.857. The molecule has 0 saturated heterocycles. The molecular formula is C13H22N4O. The summed E-state index contributed by atoms with van der Waals surface area (Å²) in [5.41, 5.74) is 8.21. The zero-order valence-corrected chi connectivity index (χ0v) is 11.4. The van der Waals surface area contributed by atoms with Gasteiger partial charge in [0.1, 0.15) is 6.04 Å². The fourth-order valence-electron chi connectivity index (χ4n) is 2.56. The number of nitrogens with two attached hydrogens (primary N) is 1. The third-order valence-corrected chi connectivity index (χ3v) is 3.83. The number of aryl methyl sites for hydroxylation is 1. The van der Waals surface area contributed by atoms with E-state index in [1.165, 1.54) is 12.8 Å². The maximum Gasteiger partial charge on any atom is 0.244 e. The van der Waals surface area contributed by atoms with Crippen LogP contribution in [0.2, 0.25) is 0 Å². The highest BCUT2D eigenvalue weighted by molar-refractivity contribution is 5.80. The van der Waals surface area contributed by atoms with Gasteiger partial charge in [0.25, 0.3) is 0 Å². The lowest BCUT2D eigenvalue weighted by atomic mass is 10.2.